The first-order chi connectivity index (χ1) is 9.43. The quantitative estimate of drug-likeness (QED) is 0.907. The van der Waals surface area contributed by atoms with E-state index in [0.29, 0.717) is 5.69 Å². The molecule has 106 valence electrons. The number of thiophene rings is 1. The molecule has 8 heteroatoms. The largest absolute Gasteiger partial charge is 0.477 e. The molecule has 0 unspecified atom stereocenters. The fourth-order valence-corrected chi connectivity index (χ4v) is 4.00. The van der Waals surface area contributed by atoms with E-state index < -0.39 is 16.0 Å². The van der Waals surface area contributed by atoms with Gasteiger partial charge in [-0.3, -0.25) is 4.98 Å². The van der Waals surface area contributed by atoms with Crippen molar-refractivity contribution in [1.82, 2.24) is 9.29 Å². The van der Waals surface area contributed by atoms with Crippen LogP contribution in [0.4, 0.5) is 0 Å². The zero-order valence-electron chi connectivity index (χ0n) is 10.6. The third-order valence-electron chi connectivity index (χ3n) is 2.62. The molecule has 0 amide bonds. The summed E-state index contributed by atoms with van der Waals surface area (Å²) in [5.41, 5.74) is 0.589. The summed E-state index contributed by atoms with van der Waals surface area (Å²) in [4.78, 5) is 14.7. The topological polar surface area (TPSA) is 87.6 Å². The minimum Gasteiger partial charge on any atom is -0.477 e. The van der Waals surface area contributed by atoms with Gasteiger partial charge < -0.3 is 5.11 Å². The Bertz CT molecular complexity index is 710. The van der Waals surface area contributed by atoms with Gasteiger partial charge in [0.2, 0.25) is 10.0 Å². The van der Waals surface area contributed by atoms with E-state index in [4.69, 9.17) is 5.11 Å². The number of pyridine rings is 1. The summed E-state index contributed by atoms with van der Waals surface area (Å²) < 4.78 is 25.8. The molecule has 0 spiro atoms. The molecule has 0 fully saturated rings. The molecule has 20 heavy (non-hydrogen) atoms. The van der Waals surface area contributed by atoms with Crippen LogP contribution in [-0.4, -0.2) is 35.8 Å². The Morgan fingerprint density at radius 1 is 1.40 bits per heavy atom. The van der Waals surface area contributed by atoms with Crippen LogP contribution in [-0.2, 0) is 16.6 Å². The second-order valence-electron chi connectivity index (χ2n) is 4.00. The van der Waals surface area contributed by atoms with E-state index in [1.54, 1.807) is 24.4 Å². The Morgan fingerprint density at radius 2 is 2.15 bits per heavy atom. The average molecular weight is 312 g/mol. The van der Waals surface area contributed by atoms with Crippen LogP contribution in [0.25, 0.3) is 0 Å². The normalized spacial score (nSPS) is 11.7. The van der Waals surface area contributed by atoms with Gasteiger partial charge in [-0.2, -0.15) is 4.31 Å². The van der Waals surface area contributed by atoms with Gasteiger partial charge in [-0.25, -0.2) is 13.2 Å². The zero-order chi connectivity index (χ0) is 14.8. The van der Waals surface area contributed by atoms with Crippen molar-refractivity contribution in [2.24, 2.45) is 0 Å². The number of carboxylic acids is 1. The fraction of sp³-hybridized carbons (Fsp3) is 0.167. The van der Waals surface area contributed by atoms with Crippen LogP contribution in [0.15, 0.2) is 40.7 Å². The second kappa shape index (κ2) is 5.70. The van der Waals surface area contributed by atoms with Gasteiger partial charge >= 0.3 is 5.97 Å². The molecule has 0 aliphatic heterocycles. The number of rotatable bonds is 5. The summed E-state index contributed by atoms with van der Waals surface area (Å²) in [6, 6.07) is 6.51. The third kappa shape index (κ3) is 2.87. The molecule has 0 saturated carbocycles. The van der Waals surface area contributed by atoms with E-state index in [2.05, 4.69) is 4.98 Å². The molecule has 2 heterocycles. The maximum atomic E-state index is 12.4. The summed E-state index contributed by atoms with van der Waals surface area (Å²) in [5.74, 6) is -1.25. The lowest BCUT2D eigenvalue weighted by Crippen LogP contribution is -2.27. The lowest BCUT2D eigenvalue weighted by Gasteiger charge is -2.16. The van der Waals surface area contributed by atoms with Gasteiger partial charge in [0.05, 0.1) is 12.2 Å². The van der Waals surface area contributed by atoms with Gasteiger partial charge in [0.1, 0.15) is 9.77 Å². The second-order valence-corrected chi connectivity index (χ2v) is 6.93. The summed E-state index contributed by atoms with van der Waals surface area (Å²) in [7, 11) is -2.45. The highest BCUT2D eigenvalue weighted by Gasteiger charge is 2.27. The number of carbonyl (C=O) groups is 1. The Balaban J connectivity index is 2.30. The Hall–Kier alpha value is -1.77. The Morgan fingerprint density at radius 3 is 2.75 bits per heavy atom. The number of sulfonamides is 1. The molecule has 2 aromatic heterocycles. The SMILES string of the molecule is CN(Cc1ccccn1)S(=O)(=O)c1ccsc1C(=O)O. The van der Waals surface area contributed by atoms with Crippen molar-refractivity contribution in [2.45, 2.75) is 11.4 Å². The zero-order valence-corrected chi connectivity index (χ0v) is 12.2. The van der Waals surface area contributed by atoms with Gasteiger partial charge in [-0.05, 0) is 23.6 Å². The monoisotopic (exact) mass is 312 g/mol. The lowest BCUT2D eigenvalue weighted by atomic mass is 10.3. The number of carboxylic acid groups (broad SMARTS) is 1. The lowest BCUT2D eigenvalue weighted by molar-refractivity contribution is 0.0698. The van der Waals surface area contributed by atoms with Gasteiger partial charge in [0.25, 0.3) is 0 Å². The fourth-order valence-electron chi connectivity index (χ4n) is 1.63. The van der Waals surface area contributed by atoms with Crippen LogP contribution >= 0.6 is 11.3 Å². The summed E-state index contributed by atoms with van der Waals surface area (Å²) in [5, 5.41) is 10.5. The third-order valence-corrected chi connectivity index (χ3v) is 5.50. The number of hydrogen-bond acceptors (Lipinski definition) is 5. The van der Waals surface area contributed by atoms with E-state index in [-0.39, 0.29) is 16.3 Å². The number of hydrogen-bond donors (Lipinski definition) is 1. The van der Waals surface area contributed by atoms with Crippen molar-refractivity contribution in [2.75, 3.05) is 7.05 Å². The van der Waals surface area contributed by atoms with E-state index >= 15 is 0 Å². The van der Waals surface area contributed by atoms with Gasteiger partial charge in [-0.15, -0.1) is 11.3 Å². The van der Waals surface area contributed by atoms with Crippen LogP contribution in [0, 0.1) is 0 Å². The molecule has 0 saturated heterocycles. The molecular weight excluding hydrogens is 300 g/mol. The summed E-state index contributed by atoms with van der Waals surface area (Å²) in [6.07, 6.45) is 1.57. The standard InChI is InChI=1S/C12H12N2O4S2/c1-14(8-9-4-2-3-6-13-9)20(17,18)10-5-7-19-11(10)12(15)16/h2-7H,8H2,1H3,(H,15,16). The first-order valence-corrected chi connectivity index (χ1v) is 7.92. The Kier molecular flexibility index (Phi) is 4.17. The van der Waals surface area contributed by atoms with Crippen LogP contribution in [0.3, 0.4) is 0 Å². The molecule has 0 aromatic carbocycles. The van der Waals surface area contributed by atoms with Crippen LogP contribution in [0.5, 0.6) is 0 Å². The van der Waals surface area contributed by atoms with E-state index in [1.165, 1.54) is 18.5 Å². The maximum absolute atomic E-state index is 12.4. The highest BCUT2D eigenvalue weighted by atomic mass is 32.2. The summed E-state index contributed by atoms with van der Waals surface area (Å²) in [6.45, 7) is 0.0814. The van der Waals surface area contributed by atoms with Crippen LogP contribution < -0.4 is 0 Å². The van der Waals surface area contributed by atoms with Crippen molar-refractivity contribution >= 4 is 27.3 Å². The molecule has 0 aliphatic carbocycles. The highest BCUT2D eigenvalue weighted by molar-refractivity contribution is 7.89. The van der Waals surface area contributed by atoms with Crippen molar-refractivity contribution in [3.63, 3.8) is 0 Å². The summed E-state index contributed by atoms with van der Waals surface area (Å²) >= 11 is 0.887. The highest BCUT2D eigenvalue weighted by Crippen LogP contribution is 2.25. The van der Waals surface area contributed by atoms with Crippen molar-refractivity contribution in [1.29, 1.82) is 0 Å². The molecule has 0 bridgehead atoms. The first kappa shape index (κ1) is 14.6. The minimum absolute atomic E-state index is 0.0814. The van der Waals surface area contributed by atoms with Gasteiger partial charge in [0.15, 0.2) is 0 Å². The Labute approximate surface area is 120 Å². The van der Waals surface area contributed by atoms with Crippen molar-refractivity contribution in [3.05, 3.63) is 46.4 Å². The predicted octanol–water partition coefficient (Wildman–Crippen LogP) is 1.66. The van der Waals surface area contributed by atoms with E-state index in [0.717, 1.165) is 15.6 Å². The number of nitrogens with zero attached hydrogens (tertiary/aromatic N) is 2. The molecule has 0 atom stereocenters. The molecular formula is C12H12N2O4S2. The number of aromatic carboxylic acids is 1. The van der Waals surface area contributed by atoms with Gasteiger partial charge in [-0.1, -0.05) is 6.07 Å². The molecule has 6 nitrogen and oxygen atoms in total. The van der Waals surface area contributed by atoms with Crippen molar-refractivity contribution in [3.8, 4) is 0 Å². The van der Waals surface area contributed by atoms with Crippen LogP contribution in [0.1, 0.15) is 15.4 Å². The maximum Gasteiger partial charge on any atom is 0.347 e. The van der Waals surface area contributed by atoms with Crippen molar-refractivity contribution < 1.29 is 18.3 Å². The minimum atomic E-state index is -3.85. The molecule has 1 N–H and O–H groups in total. The smallest absolute Gasteiger partial charge is 0.347 e. The molecule has 0 radical (unpaired) electrons. The van der Waals surface area contributed by atoms with E-state index in [1.807, 2.05) is 0 Å². The average Bonchev–Trinajstić information content (AvgIpc) is 2.89. The predicted molar refractivity (Wildman–Crippen MR) is 74.2 cm³/mol. The molecule has 2 rings (SSSR count). The van der Waals surface area contributed by atoms with E-state index in [9.17, 15) is 13.2 Å². The van der Waals surface area contributed by atoms with Gasteiger partial charge in [0, 0.05) is 13.2 Å². The van der Waals surface area contributed by atoms with Crippen LogP contribution in [0.2, 0.25) is 0 Å². The molecule has 0 aliphatic rings. The first-order valence-electron chi connectivity index (χ1n) is 5.60. The molecule has 2 aromatic rings. The number of aromatic nitrogens is 1.